The molecule has 2 heterocycles. The minimum absolute atomic E-state index is 0.651. The first-order chi connectivity index (χ1) is 10.8. The Labute approximate surface area is 130 Å². The van der Waals surface area contributed by atoms with Crippen molar-refractivity contribution in [3.63, 3.8) is 0 Å². The summed E-state index contributed by atoms with van der Waals surface area (Å²) in [7, 11) is 0. The van der Waals surface area contributed by atoms with E-state index in [9.17, 15) is 30.6 Å². The number of aliphatic hydroxyl groups is 8. The van der Waals surface area contributed by atoms with Crippen LogP contribution in [0.5, 0.6) is 0 Å². The fourth-order valence-corrected chi connectivity index (χ4v) is 2.55. The number of hydrogen-bond acceptors (Lipinski definition) is 11. The molecule has 10 atom stereocenters. The molecule has 2 fully saturated rings. The lowest BCUT2D eigenvalue weighted by molar-refractivity contribution is -0.361. The maximum absolute atomic E-state index is 9.94. The second-order valence-electron chi connectivity index (χ2n) is 5.53. The van der Waals surface area contributed by atoms with Crippen LogP contribution in [0.3, 0.4) is 0 Å². The van der Waals surface area contributed by atoms with Crippen LogP contribution in [-0.4, -0.2) is 115 Å². The highest BCUT2D eigenvalue weighted by Crippen LogP contribution is 2.28. The summed E-state index contributed by atoms with van der Waals surface area (Å²) in [5, 5.41) is 76.7. The summed E-state index contributed by atoms with van der Waals surface area (Å²) in [6, 6.07) is 0. The van der Waals surface area contributed by atoms with Crippen LogP contribution < -0.4 is 0 Å². The number of hydrogen-bond donors (Lipinski definition) is 8. The zero-order chi connectivity index (χ0) is 17.3. The molecule has 11 heteroatoms. The Hall–Kier alpha value is -0.440. The zero-order valence-corrected chi connectivity index (χ0v) is 12.0. The molecular weight excluding hydrogens is 320 g/mol. The van der Waals surface area contributed by atoms with Gasteiger partial charge in [-0.2, -0.15) is 0 Å². The smallest absolute Gasteiger partial charge is 0.187 e. The molecule has 136 valence electrons. The van der Waals surface area contributed by atoms with E-state index in [-0.39, 0.29) is 0 Å². The Morgan fingerprint density at radius 1 is 0.652 bits per heavy atom. The van der Waals surface area contributed by atoms with E-state index in [0.717, 1.165) is 0 Å². The van der Waals surface area contributed by atoms with Gasteiger partial charge in [0.2, 0.25) is 0 Å². The van der Waals surface area contributed by atoms with Crippen molar-refractivity contribution in [3.8, 4) is 0 Å². The van der Waals surface area contributed by atoms with Gasteiger partial charge in [0.05, 0.1) is 13.2 Å². The average Bonchev–Trinajstić information content (AvgIpc) is 2.54. The molecule has 0 aromatic carbocycles. The third kappa shape index (κ3) is 3.65. The number of rotatable bonds is 4. The normalized spacial score (nSPS) is 51.7. The van der Waals surface area contributed by atoms with Crippen molar-refractivity contribution in [3.05, 3.63) is 0 Å². The van der Waals surface area contributed by atoms with Crippen LogP contribution in [0.1, 0.15) is 0 Å². The van der Waals surface area contributed by atoms with E-state index in [1.54, 1.807) is 0 Å². The van der Waals surface area contributed by atoms with Crippen molar-refractivity contribution in [1.82, 2.24) is 0 Å². The summed E-state index contributed by atoms with van der Waals surface area (Å²) in [6.07, 6.45) is -15.6. The second-order valence-corrected chi connectivity index (χ2v) is 5.53. The molecular formula is C12H22O11. The fraction of sp³-hybridized carbons (Fsp3) is 1.00. The Morgan fingerprint density at radius 2 is 1.17 bits per heavy atom. The molecule has 0 aromatic rings. The van der Waals surface area contributed by atoms with Gasteiger partial charge in [0.15, 0.2) is 12.6 Å². The maximum atomic E-state index is 9.94. The summed E-state index contributed by atoms with van der Waals surface area (Å²) in [5.41, 5.74) is 0. The highest BCUT2D eigenvalue weighted by molar-refractivity contribution is 4.93. The lowest BCUT2D eigenvalue weighted by atomic mass is 9.97. The predicted octanol–water partition coefficient (Wildman–Crippen LogP) is -5.40. The molecule has 0 amide bonds. The minimum atomic E-state index is -1.75. The summed E-state index contributed by atoms with van der Waals surface area (Å²) in [6.45, 7) is -1.33. The lowest BCUT2D eigenvalue weighted by Crippen LogP contribution is -2.64. The largest absolute Gasteiger partial charge is 0.394 e. The highest BCUT2D eigenvalue weighted by atomic mass is 16.7. The molecule has 0 bridgehead atoms. The van der Waals surface area contributed by atoms with Crippen LogP contribution in [-0.2, 0) is 14.2 Å². The van der Waals surface area contributed by atoms with E-state index in [1.807, 2.05) is 0 Å². The maximum Gasteiger partial charge on any atom is 0.187 e. The molecule has 0 saturated carbocycles. The van der Waals surface area contributed by atoms with Crippen molar-refractivity contribution in [1.29, 1.82) is 0 Å². The van der Waals surface area contributed by atoms with Gasteiger partial charge in [-0.25, -0.2) is 0 Å². The predicted molar refractivity (Wildman–Crippen MR) is 68.6 cm³/mol. The van der Waals surface area contributed by atoms with Gasteiger partial charge in [0.25, 0.3) is 0 Å². The zero-order valence-electron chi connectivity index (χ0n) is 12.0. The fourth-order valence-electron chi connectivity index (χ4n) is 2.55. The van der Waals surface area contributed by atoms with Gasteiger partial charge in [-0.05, 0) is 0 Å². The SMILES string of the molecule is OC[C@H]1OC(O[C@@H]2C(O)O[C@H](CO)[C@@H](O)[C@@H]2O)[C@H](O)[C@@H](O)[C@H]1O. The molecule has 0 aliphatic carbocycles. The number of aliphatic hydroxyl groups excluding tert-OH is 8. The molecule has 2 saturated heterocycles. The van der Waals surface area contributed by atoms with E-state index in [1.165, 1.54) is 0 Å². The van der Waals surface area contributed by atoms with Gasteiger partial charge < -0.3 is 55.1 Å². The van der Waals surface area contributed by atoms with Crippen molar-refractivity contribution in [2.75, 3.05) is 13.2 Å². The Kier molecular flexibility index (Phi) is 6.27. The molecule has 2 rings (SSSR count). The van der Waals surface area contributed by atoms with Gasteiger partial charge in [-0.3, -0.25) is 0 Å². The Balaban J connectivity index is 2.08. The van der Waals surface area contributed by atoms with Crippen molar-refractivity contribution >= 4 is 0 Å². The standard InChI is InChI=1S/C12H22O11/c13-1-3-6(16)8(18)10(11(20)21-3)23-12-9(19)7(17)5(15)4(2-14)22-12/h3-20H,1-2H2/t3-,4-,5+,6-,7+,8+,9-,10+,11?,12?/m1/s1. The van der Waals surface area contributed by atoms with Crippen molar-refractivity contribution < 1.29 is 55.1 Å². The molecule has 0 radical (unpaired) electrons. The quantitative estimate of drug-likeness (QED) is 0.243. The molecule has 2 aliphatic heterocycles. The molecule has 0 aromatic heterocycles. The van der Waals surface area contributed by atoms with Crippen LogP contribution in [0.2, 0.25) is 0 Å². The minimum Gasteiger partial charge on any atom is -0.394 e. The van der Waals surface area contributed by atoms with Gasteiger partial charge in [0, 0.05) is 0 Å². The van der Waals surface area contributed by atoms with Crippen LogP contribution in [0.4, 0.5) is 0 Å². The molecule has 0 spiro atoms. The van der Waals surface area contributed by atoms with Crippen molar-refractivity contribution in [2.24, 2.45) is 0 Å². The first kappa shape index (κ1) is 18.9. The van der Waals surface area contributed by atoms with E-state index in [2.05, 4.69) is 0 Å². The highest BCUT2D eigenvalue weighted by Gasteiger charge is 2.50. The summed E-state index contributed by atoms with van der Waals surface area (Å²) >= 11 is 0. The van der Waals surface area contributed by atoms with E-state index < -0.39 is 74.6 Å². The van der Waals surface area contributed by atoms with Crippen LogP contribution in [0.25, 0.3) is 0 Å². The summed E-state index contributed by atoms with van der Waals surface area (Å²) in [4.78, 5) is 0. The van der Waals surface area contributed by atoms with Crippen LogP contribution in [0, 0.1) is 0 Å². The summed E-state index contributed by atoms with van der Waals surface area (Å²) < 4.78 is 15.1. The molecule has 11 nitrogen and oxygen atoms in total. The van der Waals surface area contributed by atoms with E-state index >= 15 is 0 Å². The van der Waals surface area contributed by atoms with Crippen LogP contribution in [0.15, 0.2) is 0 Å². The molecule has 8 N–H and O–H groups in total. The number of ether oxygens (including phenoxy) is 3. The average molecular weight is 342 g/mol. The van der Waals surface area contributed by atoms with Gasteiger partial charge >= 0.3 is 0 Å². The third-order valence-electron chi connectivity index (χ3n) is 3.98. The first-order valence-corrected chi connectivity index (χ1v) is 7.08. The van der Waals surface area contributed by atoms with Crippen molar-refractivity contribution in [2.45, 2.75) is 61.4 Å². The van der Waals surface area contributed by atoms with Gasteiger partial charge in [0.1, 0.15) is 48.8 Å². The van der Waals surface area contributed by atoms with Gasteiger partial charge in [-0.1, -0.05) is 0 Å². The van der Waals surface area contributed by atoms with E-state index in [4.69, 9.17) is 24.4 Å². The molecule has 23 heavy (non-hydrogen) atoms. The lowest BCUT2D eigenvalue weighted by Gasteiger charge is -2.44. The molecule has 2 aliphatic rings. The second kappa shape index (κ2) is 7.63. The Bertz CT molecular complexity index is 380. The monoisotopic (exact) mass is 342 g/mol. The third-order valence-corrected chi connectivity index (χ3v) is 3.98. The topological polar surface area (TPSA) is 190 Å². The first-order valence-electron chi connectivity index (χ1n) is 7.08. The summed E-state index contributed by atoms with van der Waals surface area (Å²) in [5.74, 6) is 0. The van der Waals surface area contributed by atoms with Crippen LogP contribution >= 0.6 is 0 Å². The van der Waals surface area contributed by atoms with Gasteiger partial charge in [-0.15, -0.1) is 0 Å². The van der Waals surface area contributed by atoms with E-state index in [0.29, 0.717) is 0 Å². The molecule has 2 unspecified atom stereocenters. The Morgan fingerprint density at radius 3 is 1.74 bits per heavy atom.